The van der Waals surface area contributed by atoms with E-state index in [1.165, 1.54) is 17.3 Å². The molecule has 0 unspecified atom stereocenters. The maximum atomic E-state index is 11.9. The number of nitrogens with one attached hydrogen (secondary N) is 1. The van der Waals surface area contributed by atoms with Crippen molar-refractivity contribution in [2.75, 3.05) is 20.6 Å². The lowest BCUT2D eigenvalue weighted by Crippen LogP contribution is -2.17. The normalized spacial score (nSPS) is 15.6. The number of hydrogen-bond donors (Lipinski definition) is 1. The maximum Gasteiger partial charge on any atom is 0.263 e. The summed E-state index contributed by atoms with van der Waals surface area (Å²) in [6.07, 6.45) is 5.93. The van der Waals surface area contributed by atoms with Crippen molar-refractivity contribution >= 4 is 51.3 Å². The predicted molar refractivity (Wildman–Crippen MR) is 124 cm³/mol. The van der Waals surface area contributed by atoms with E-state index < -0.39 is 0 Å². The molecule has 1 amide bonds. The molecule has 5 nitrogen and oxygen atoms in total. The van der Waals surface area contributed by atoms with E-state index in [2.05, 4.69) is 64.2 Å². The molecule has 1 aliphatic heterocycles. The van der Waals surface area contributed by atoms with Crippen LogP contribution in [0.25, 0.3) is 22.8 Å². The average molecular weight is 423 g/mol. The van der Waals surface area contributed by atoms with Crippen LogP contribution in [0.1, 0.15) is 17.5 Å². The molecule has 1 aliphatic rings. The van der Waals surface area contributed by atoms with Crippen molar-refractivity contribution in [1.82, 2.24) is 19.8 Å². The number of nitrogens with zero attached hydrogens (tertiary/aromatic N) is 3. The third-order valence-electron chi connectivity index (χ3n) is 4.80. The van der Waals surface area contributed by atoms with Gasteiger partial charge in [-0.05, 0) is 75.0 Å². The zero-order chi connectivity index (χ0) is 20.4. The van der Waals surface area contributed by atoms with Crippen molar-refractivity contribution in [1.29, 1.82) is 0 Å². The summed E-state index contributed by atoms with van der Waals surface area (Å²) < 4.78 is 2.58. The molecule has 0 radical (unpaired) electrons. The van der Waals surface area contributed by atoms with Crippen LogP contribution >= 0.6 is 24.0 Å². The van der Waals surface area contributed by atoms with Crippen molar-refractivity contribution in [2.45, 2.75) is 12.8 Å². The molecular formula is C22H22N4OS2. The lowest BCUT2D eigenvalue weighted by molar-refractivity contribution is -0.115. The summed E-state index contributed by atoms with van der Waals surface area (Å²) in [7, 11) is 4.20. The lowest BCUT2D eigenvalue weighted by Gasteiger charge is -2.10. The van der Waals surface area contributed by atoms with Crippen LogP contribution in [-0.4, -0.2) is 45.3 Å². The van der Waals surface area contributed by atoms with Crippen LogP contribution in [0, 0.1) is 0 Å². The zero-order valence-corrected chi connectivity index (χ0v) is 18.0. The number of amides is 1. The number of thiocarbonyl (C=S) groups is 1. The predicted octanol–water partition coefficient (Wildman–Crippen LogP) is 4.01. The van der Waals surface area contributed by atoms with Crippen LogP contribution < -0.4 is 5.32 Å². The Morgan fingerprint density at radius 1 is 1.21 bits per heavy atom. The van der Waals surface area contributed by atoms with Crippen LogP contribution in [0.2, 0.25) is 0 Å². The first-order valence-electron chi connectivity index (χ1n) is 9.45. The highest BCUT2D eigenvalue weighted by atomic mass is 32.2. The largest absolute Gasteiger partial charge is 0.309 e. The molecule has 1 saturated heterocycles. The highest BCUT2D eigenvalue weighted by Gasteiger charge is 2.22. The molecule has 148 valence electrons. The number of benzene rings is 2. The van der Waals surface area contributed by atoms with Gasteiger partial charge >= 0.3 is 0 Å². The minimum absolute atomic E-state index is 0.140. The number of aryl methyl sites for hydroxylation is 1. The molecule has 3 aromatic rings. The Hall–Kier alpha value is -2.48. The van der Waals surface area contributed by atoms with E-state index in [9.17, 15) is 4.79 Å². The van der Waals surface area contributed by atoms with Gasteiger partial charge in [-0.25, -0.2) is 4.98 Å². The average Bonchev–Trinajstić information content (AvgIpc) is 3.24. The van der Waals surface area contributed by atoms with E-state index in [-0.39, 0.29) is 5.91 Å². The Bertz CT molecular complexity index is 1100. The Balaban J connectivity index is 1.59. The van der Waals surface area contributed by atoms with Gasteiger partial charge in [0.25, 0.3) is 5.91 Å². The van der Waals surface area contributed by atoms with Crippen molar-refractivity contribution in [2.24, 2.45) is 0 Å². The molecule has 1 N–H and O–H groups in total. The number of carbonyl (C=O) groups excluding carboxylic acids is 1. The summed E-state index contributed by atoms with van der Waals surface area (Å²) in [6.45, 7) is 1.09. The topological polar surface area (TPSA) is 50.2 Å². The Kier molecular flexibility index (Phi) is 5.80. The van der Waals surface area contributed by atoms with Gasteiger partial charge in [-0.2, -0.15) is 0 Å². The molecule has 2 aromatic carbocycles. The highest BCUT2D eigenvalue weighted by Crippen LogP contribution is 2.27. The summed E-state index contributed by atoms with van der Waals surface area (Å²) in [4.78, 5) is 19.3. The standard InChI is InChI=1S/C22H22N4OS2/c1-25(2)11-3-4-15-5-8-17(9-6-15)26-14-23-18-10-7-16(12-19(18)26)13-20-21(27)24-22(28)29-20/h5-10,12-14H,3-4,11H2,1-2H3,(H,24,27,28)/b20-13-. The first-order chi connectivity index (χ1) is 14.0. The van der Waals surface area contributed by atoms with Crippen LogP contribution in [0.3, 0.4) is 0 Å². The summed E-state index contributed by atoms with van der Waals surface area (Å²) in [6, 6.07) is 14.6. The number of aromatic nitrogens is 2. The third kappa shape index (κ3) is 4.58. The van der Waals surface area contributed by atoms with Crippen molar-refractivity contribution in [3.05, 3.63) is 64.8 Å². The fourth-order valence-corrected chi connectivity index (χ4v) is 4.36. The number of fused-ring (bicyclic) bond motifs is 1. The Labute approximate surface area is 179 Å². The second kappa shape index (κ2) is 8.49. The minimum Gasteiger partial charge on any atom is -0.309 e. The van der Waals surface area contributed by atoms with Crippen LogP contribution in [0.15, 0.2) is 53.7 Å². The summed E-state index contributed by atoms with van der Waals surface area (Å²) in [5, 5.41) is 2.65. The van der Waals surface area contributed by atoms with Crippen LogP contribution in [0.4, 0.5) is 0 Å². The van der Waals surface area contributed by atoms with Gasteiger partial charge in [-0.15, -0.1) is 0 Å². The zero-order valence-electron chi connectivity index (χ0n) is 16.4. The fraction of sp³-hybridized carbons (Fsp3) is 0.227. The molecule has 0 saturated carbocycles. The van der Waals surface area contributed by atoms with E-state index in [0.29, 0.717) is 9.23 Å². The van der Waals surface area contributed by atoms with Gasteiger partial charge in [0.05, 0.1) is 15.9 Å². The highest BCUT2D eigenvalue weighted by molar-refractivity contribution is 8.26. The number of thioether (sulfide) groups is 1. The molecule has 1 aromatic heterocycles. The number of hydrogen-bond acceptors (Lipinski definition) is 5. The first-order valence-corrected chi connectivity index (χ1v) is 10.7. The maximum absolute atomic E-state index is 11.9. The van der Waals surface area contributed by atoms with E-state index >= 15 is 0 Å². The van der Waals surface area contributed by atoms with Crippen molar-refractivity contribution in [3.8, 4) is 5.69 Å². The monoisotopic (exact) mass is 422 g/mol. The molecule has 0 atom stereocenters. The summed E-state index contributed by atoms with van der Waals surface area (Å²) in [5.41, 5.74) is 5.28. The van der Waals surface area contributed by atoms with Crippen LogP contribution in [-0.2, 0) is 11.2 Å². The van der Waals surface area contributed by atoms with Gasteiger partial charge in [0.15, 0.2) is 0 Å². The molecule has 0 spiro atoms. The molecule has 4 rings (SSSR count). The minimum atomic E-state index is -0.140. The second-order valence-corrected chi connectivity index (χ2v) is 9.01. The van der Waals surface area contributed by atoms with Gasteiger partial charge in [0.1, 0.15) is 10.6 Å². The SMILES string of the molecule is CN(C)CCCc1ccc(-n2cnc3ccc(/C=C4\SC(=S)NC4=O)cc32)cc1. The van der Waals surface area contributed by atoms with E-state index in [4.69, 9.17) is 12.2 Å². The van der Waals surface area contributed by atoms with Gasteiger partial charge in [-0.3, -0.25) is 9.36 Å². The van der Waals surface area contributed by atoms with Crippen LogP contribution in [0.5, 0.6) is 0 Å². The molecule has 2 heterocycles. The second-order valence-electron chi connectivity index (χ2n) is 7.29. The van der Waals surface area contributed by atoms with Gasteiger partial charge in [-0.1, -0.05) is 42.2 Å². The first kappa shape index (κ1) is 19.8. The molecule has 0 bridgehead atoms. The van der Waals surface area contributed by atoms with Crippen molar-refractivity contribution < 1.29 is 4.79 Å². The van der Waals surface area contributed by atoms with Crippen molar-refractivity contribution in [3.63, 3.8) is 0 Å². The molecule has 1 fully saturated rings. The van der Waals surface area contributed by atoms with E-state index in [0.717, 1.165) is 41.7 Å². The summed E-state index contributed by atoms with van der Waals surface area (Å²) in [5.74, 6) is -0.140. The quantitative estimate of drug-likeness (QED) is 0.481. The Morgan fingerprint density at radius 3 is 2.69 bits per heavy atom. The van der Waals surface area contributed by atoms with E-state index in [1.54, 1.807) is 0 Å². The molecule has 7 heteroatoms. The van der Waals surface area contributed by atoms with Gasteiger partial charge in [0.2, 0.25) is 0 Å². The molecule has 0 aliphatic carbocycles. The van der Waals surface area contributed by atoms with Gasteiger partial charge in [0, 0.05) is 5.69 Å². The molecule has 29 heavy (non-hydrogen) atoms. The lowest BCUT2D eigenvalue weighted by atomic mass is 10.1. The number of imidazole rings is 1. The van der Waals surface area contributed by atoms with E-state index in [1.807, 2.05) is 24.5 Å². The Morgan fingerprint density at radius 2 is 2.00 bits per heavy atom. The molecular weight excluding hydrogens is 400 g/mol. The number of carbonyl (C=O) groups is 1. The summed E-state index contributed by atoms with van der Waals surface area (Å²) >= 11 is 6.35. The van der Waals surface area contributed by atoms with Gasteiger partial charge < -0.3 is 10.2 Å². The third-order valence-corrected chi connectivity index (χ3v) is 5.96. The fourth-order valence-electron chi connectivity index (χ4n) is 3.32. The smallest absolute Gasteiger partial charge is 0.263 e. The number of rotatable bonds is 6.